The molecule has 1 fully saturated rings. The van der Waals surface area contributed by atoms with Crippen LogP contribution in [-0.4, -0.2) is 65.0 Å². The topological polar surface area (TPSA) is 63.3 Å². The van der Waals surface area contributed by atoms with Crippen molar-refractivity contribution in [2.24, 2.45) is 0 Å². The maximum Gasteiger partial charge on any atom is 0.252 e. The zero-order valence-corrected chi connectivity index (χ0v) is 18.7. The van der Waals surface area contributed by atoms with E-state index in [2.05, 4.69) is 15.1 Å². The lowest BCUT2D eigenvalue weighted by atomic mass is 10.1. The van der Waals surface area contributed by atoms with Crippen LogP contribution in [0.2, 0.25) is 10.0 Å². The average molecular weight is 454 g/mol. The number of carbonyl (C=O) groups excluding carboxylic acids is 1. The maximum absolute atomic E-state index is 12.7. The smallest absolute Gasteiger partial charge is 0.252 e. The lowest BCUT2D eigenvalue weighted by Crippen LogP contribution is -2.50. The van der Waals surface area contributed by atoms with Gasteiger partial charge in [-0.15, -0.1) is 0 Å². The predicted octanol–water partition coefficient (Wildman–Crippen LogP) is 3.53. The molecule has 0 radical (unpaired) electrons. The maximum atomic E-state index is 12.7. The van der Waals surface area contributed by atoms with Crippen molar-refractivity contribution < 1.29 is 19.0 Å². The molecule has 30 heavy (non-hydrogen) atoms. The molecule has 0 aliphatic carbocycles. The molecule has 3 rings (SSSR count). The van der Waals surface area contributed by atoms with Gasteiger partial charge in [0.2, 0.25) is 5.75 Å². The SMILES string of the molecule is COc1cc(C(=O)NCN2CCN(c3cccc(Cl)c3Cl)CC2)cc(OC)c1OC. The van der Waals surface area contributed by atoms with Gasteiger partial charge >= 0.3 is 0 Å². The fraction of sp³-hybridized carbons (Fsp3) is 0.381. The van der Waals surface area contributed by atoms with Gasteiger partial charge in [0.25, 0.3) is 5.91 Å². The number of rotatable bonds is 7. The summed E-state index contributed by atoms with van der Waals surface area (Å²) in [6.07, 6.45) is 0. The van der Waals surface area contributed by atoms with E-state index in [-0.39, 0.29) is 5.91 Å². The van der Waals surface area contributed by atoms with E-state index in [9.17, 15) is 4.79 Å². The normalized spacial score (nSPS) is 14.4. The highest BCUT2D eigenvalue weighted by atomic mass is 35.5. The van der Waals surface area contributed by atoms with Crippen LogP contribution in [0, 0.1) is 0 Å². The van der Waals surface area contributed by atoms with Gasteiger partial charge in [-0.05, 0) is 24.3 Å². The number of hydrogen-bond acceptors (Lipinski definition) is 6. The number of halogens is 2. The summed E-state index contributed by atoms with van der Waals surface area (Å²) in [4.78, 5) is 17.0. The summed E-state index contributed by atoms with van der Waals surface area (Å²) >= 11 is 12.5. The summed E-state index contributed by atoms with van der Waals surface area (Å²) in [5.74, 6) is 1.12. The fourth-order valence-electron chi connectivity index (χ4n) is 3.38. The molecule has 0 spiro atoms. The Kier molecular flexibility index (Phi) is 7.53. The summed E-state index contributed by atoms with van der Waals surface area (Å²) < 4.78 is 15.9. The van der Waals surface area contributed by atoms with E-state index in [4.69, 9.17) is 37.4 Å². The van der Waals surface area contributed by atoms with Crippen LogP contribution in [0.4, 0.5) is 5.69 Å². The summed E-state index contributed by atoms with van der Waals surface area (Å²) in [6, 6.07) is 8.91. The second-order valence-electron chi connectivity index (χ2n) is 6.76. The Bertz CT molecular complexity index is 877. The molecule has 1 saturated heterocycles. The van der Waals surface area contributed by atoms with Crippen LogP contribution < -0.4 is 24.4 Å². The van der Waals surface area contributed by atoms with E-state index in [0.717, 1.165) is 31.9 Å². The molecule has 0 unspecified atom stereocenters. The first-order valence-corrected chi connectivity index (χ1v) is 10.2. The zero-order chi connectivity index (χ0) is 21.7. The van der Waals surface area contributed by atoms with Gasteiger partial charge in [0.05, 0.1) is 43.7 Å². The second kappa shape index (κ2) is 10.1. The molecule has 1 aliphatic heterocycles. The molecular weight excluding hydrogens is 429 g/mol. The fourth-order valence-corrected chi connectivity index (χ4v) is 3.80. The lowest BCUT2D eigenvalue weighted by Gasteiger charge is -2.36. The van der Waals surface area contributed by atoms with Crippen molar-refractivity contribution in [3.8, 4) is 17.2 Å². The molecule has 1 amide bonds. The minimum Gasteiger partial charge on any atom is -0.493 e. The van der Waals surface area contributed by atoms with Crippen LogP contribution >= 0.6 is 23.2 Å². The summed E-state index contributed by atoms with van der Waals surface area (Å²) in [5, 5.41) is 4.08. The molecule has 2 aromatic rings. The number of amides is 1. The van der Waals surface area contributed by atoms with Crippen LogP contribution in [0.25, 0.3) is 0 Å². The van der Waals surface area contributed by atoms with Crippen LogP contribution in [-0.2, 0) is 0 Å². The molecule has 1 heterocycles. The highest BCUT2D eigenvalue weighted by Crippen LogP contribution is 2.38. The third-order valence-corrected chi connectivity index (χ3v) is 5.84. The number of anilines is 1. The summed E-state index contributed by atoms with van der Waals surface area (Å²) in [5.41, 5.74) is 1.37. The molecule has 2 aromatic carbocycles. The van der Waals surface area contributed by atoms with Crippen molar-refractivity contribution in [3.05, 3.63) is 45.9 Å². The van der Waals surface area contributed by atoms with Gasteiger partial charge in [-0.1, -0.05) is 29.3 Å². The van der Waals surface area contributed by atoms with Gasteiger partial charge in [-0.25, -0.2) is 0 Å². The average Bonchev–Trinajstić information content (AvgIpc) is 2.78. The Morgan fingerprint density at radius 2 is 1.63 bits per heavy atom. The summed E-state index contributed by atoms with van der Waals surface area (Å²) in [7, 11) is 4.56. The minimum atomic E-state index is -0.213. The Morgan fingerprint density at radius 1 is 1.00 bits per heavy atom. The first-order chi connectivity index (χ1) is 14.5. The minimum absolute atomic E-state index is 0.213. The van der Waals surface area contributed by atoms with Crippen molar-refractivity contribution in [2.75, 3.05) is 59.1 Å². The monoisotopic (exact) mass is 453 g/mol. The van der Waals surface area contributed by atoms with Gasteiger partial charge in [-0.2, -0.15) is 0 Å². The molecule has 0 saturated carbocycles. The van der Waals surface area contributed by atoms with Crippen molar-refractivity contribution in [3.63, 3.8) is 0 Å². The van der Waals surface area contributed by atoms with Crippen molar-refractivity contribution in [1.29, 1.82) is 0 Å². The van der Waals surface area contributed by atoms with Crippen molar-refractivity contribution in [1.82, 2.24) is 10.2 Å². The van der Waals surface area contributed by atoms with E-state index >= 15 is 0 Å². The molecular formula is C21H25Cl2N3O4. The standard InChI is InChI=1S/C21H25Cl2N3O4/c1-28-17-11-14(12-18(29-2)20(17)30-3)21(27)24-13-25-7-9-26(10-8-25)16-6-4-5-15(22)19(16)23/h4-6,11-12H,7-10,13H2,1-3H3,(H,24,27). The highest BCUT2D eigenvalue weighted by Gasteiger charge is 2.21. The third-order valence-electron chi connectivity index (χ3n) is 5.03. The van der Waals surface area contributed by atoms with E-state index in [1.807, 2.05) is 12.1 Å². The predicted molar refractivity (Wildman–Crippen MR) is 119 cm³/mol. The number of ether oxygens (including phenoxy) is 3. The Morgan fingerprint density at radius 3 is 2.20 bits per heavy atom. The molecule has 9 heteroatoms. The largest absolute Gasteiger partial charge is 0.493 e. The van der Waals surface area contributed by atoms with Crippen molar-refractivity contribution >= 4 is 34.8 Å². The van der Waals surface area contributed by atoms with Gasteiger partial charge in [0, 0.05) is 31.7 Å². The number of hydrogen-bond donors (Lipinski definition) is 1. The van der Waals surface area contributed by atoms with Gasteiger partial charge in [0.1, 0.15) is 0 Å². The second-order valence-corrected chi connectivity index (χ2v) is 7.54. The Labute approximate surface area is 186 Å². The zero-order valence-electron chi connectivity index (χ0n) is 17.2. The number of piperazine rings is 1. The first kappa shape index (κ1) is 22.3. The van der Waals surface area contributed by atoms with E-state index in [1.54, 1.807) is 18.2 Å². The van der Waals surface area contributed by atoms with E-state index < -0.39 is 0 Å². The number of nitrogens with one attached hydrogen (secondary N) is 1. The number of benzene rings is 2. The van der Waals surface area contributed by atoms with E-state index in [0.29, 0.717) is 39.5 Å². The van der Waals surface area contributed by atoms with Crippen LogP contribution in [0.1, 0.15) is 10.4 Å². The molecule has 1 N–H and O–H groups in total. The molecule has 0 atom stereocenters. The lowest BCUT2D eigenvalue weighted by molar-refractivity contribution is 0.0919. The van der Waals surface area contributed by atoms with Crippen LogP contribution in [0.15, 0.2) is 30.3 Å². The van der Waals surface area contributed by atoms with E-state index in [1.165, 1.54) is 21.3 Å². The molecule has 0 aromatic heterocycles. The number of methoxy groups -OCH3 is 3. The third kappa shape index (κ3) is 4.86. The Balaban J connectivity index is 1.58. The highest BCUT2D eigenvalue weighted by molar-refractivity contribution is 6.43. The van der Waals surface area contributed by atoms with Crippen LogP contribution in [0.5, 0.6) is 17.2 Å². The quantitative estimate of drug-likeness (QED) is 0.691. The molecule has 7 nitrogen and oxygen atoms in total. The van der Waals surface area contributed by atoms with Crippen LogP contribution in [0.3, 0.4) is 0 Å². The molecule has 1 aliphatic rings. The first-order valence-electron chi connectivity index (χ1n) is 9.48. The van der Waals surface area contributed by atoms with Gasteiger partial charge in [0.15, 0.2) is 11.5 Å². The summed E-state index contributed by atoms with van der Waals surface area (Å²) in [6.45, 7) is 3.60. The molecule has 162 valence electrons. The Hall–Kier alpha value is -2.35. The molecule has 0 bridgehead atoms. The number of carbonyl (C=O) groups is 1. The van der Waals surface area contributed by atoms with Gasteiger partial charge < -0.3 is 24.4 Å². The van der Waals surface area contributed by atoms with Crippen molar-refractivity contribution in [2.45, 2.75) is 0 Å². The van der Waals surface area contributed by atoms with Gasteiger partial charge in [-0.3, -0.25) is 9.69 Å². The number of nitrogens with zero attached hydrogens (tertiary/aromatic N) is 2.